The molecule has 0 aliphatic carbocycles. The van der Waals surface area contributed by atoms with Crippen molar-refractivity contribution in [1.29, 1.82) is 0 Å². The average molecular weight is 363 g/mol. The van der Waals surface area contributed by atoms with Crippen molar-refractivity contribution in [2.45, 2.75) is 32.7 Å². The predicted octanol–water partition coefficient (Wildman–Crippen LogP) is 2.21. The Morgan fingerprint density at radius 3 is 2.59 bits per heavy atom. The van der Waals surface area contributed by atoms with Crippen LogP contribution in [0.2, 0.25) is 0 Å². The number of hydrogen-bond acceptors (Lipinski definition) is 3. The number of likely N-dealkylation sites (tertiary alicyclic amines) is 1. The molecule has 0 bridgehead atoms. The van der Waals surface area contributed by atoms with Gasteiger partial charge >= 0.3 is 5.63 Å². The maximum Gasteiger partial charge on any atom is 0.336 e. The molecule has 140 valence electrons. The molecule has 1 fully saturated rings. The normalized spacial score (nSPS) is 20.0. The van der Waals surface area contributed by atoms with E-state index in [1.807, 2.05) is 0 Å². The van der Waals surface area contributed by atoms with E-state index in [4.69, 9.17) is 4.42 Å². The Balaban J connectivity index is 1.46. The lowest BCUT2D eigenvalue weighted by molar-refractivity contribution is -0.919. The minimum atomic E-state index is -0.371. The monoisotopic (exact) mass is 363 g/mol. The summed E-state index contributed by atoms with van der Waals surface area (Å²) in [6.45, 7) is 4.74. The van der Waals surface area contributed by atoms with Gasteiger partial charge in [0, 0.05) is 17.0 Å². The Kier molecular flexibility index (Phi) is 4.99. The first-order valence-electron chi connectivity index (χ1n) is 9.71. The second-order valence-electron chi connectivity index (χ2n) is 7.72. The molecule has 4 rings (SSSR count). The molecule has 1 N–H and O–H groups in total. The van der Waals surface area contributed by atoms with Crippen LogP contribution in [0.25, 0.3) is 11.0 Å². The zero-order chi connectivity index (χ0) is 18.8. The van der Waals surface area contributed by atoms with Gasteiger partial charge < -0.3 is 14.4 Å². The van der Waals surface area contributed by atoms with E-state index in [0.29, 0.717) is 11.1 Å². The second-order valence-corrected chi connectivity index (χ2v) is 7.72. The van der Waals surface area contributed by atoms with Gasteiger partial charge in [-0.3, -0.25) is 0 Å². The Bertz CT molecular complexity index is 986. The summed E-state index contributed by atoms with van der Waals surface area (Å²) in [5.74, 6) is 0.649. The number of aryl methyl sites for hydroxylation is 1. The third-order valence-corrected chi connectivity index (χ3v) is 5.82. The fraction of sp³-hybridized carbons (Fsp3) is 0.348. The molecular weight excluding hydrogens is 338 g/mol. The standard InChI is InChI=1S/C23H25NO3/c1-16-21(25)8-7-20-19(14-22(26)27-23(16)20)15-24-11-9-18(10-12-24)13-17-5-3-2-4-6-17/h2-8,14,18,25H,9-13,15H2,1H3. The van der Waals surface area contributed by atoms with Gasteiger partial charge in [0.2, 0.25) is 0 Å². The third-order valence-electron chi connectivity index (χ3n) is 5.82. The highest BCUT2D eigenvalue weighted by atomic mass is 16.4. The molecule has 4 heteroatoms. The van der Waals surface area contributed by atoms with Gasteiger partial charge in [-0.1, -0.05) is 42.5 Å². The number of rotatable bonds is 4. The van der Waals surface area contributed by atoms with Crippen molar-refractivity contribution < 1.29 is 14.4 Å². The summed E-state index contributed by atoms with van der Waals surface area (Å²) in [6, 6.07) is 15.7. The fourth-order valence-electron chi connectivity index (χ4n) is 4.24. The summed E-state index contributed by atoms with van der Waals surface area (Å²) in [7, 11) is 0. The molecule has 2 aromatic carbocycles. The van der Waals surface area contributed by atoms with Crippen LogP contribution in [0.5, 0.6) is 5.75 Å². The fourth-order valence-corrected chi connectivity index (χ4v) is 4.24. The molecule has 0 unspecified atom stereocenters. The summed E-state index contributed by atoms with van der Waals surface area (Å²) in [5, 5.41) is 12.8. The highest BCUT2D eigenvalue weighted by molar-refractivity contribution is 5.84. The molecule has 1 aromatic heterocycles. The Labute approximate surface area is 159 Å². The van der Waals surface area contributed by atoms with E-state index in [2.05, 4.69) is 30.3 Å². The second kappa shape index (κ2) is 7.57. The molecule has 0 radical (unpaired) electrons. The molecule has 2 heterocycles. The van der Waals surface area contributed by atoms with Gasteiger partial charge in [0.05, 0.1) is 13.1 Å². The van der Waals surface area contributed by atoms with Crippen LogP contribution in [0.3, 0.4) is 0 Å². The number of nitrogens with one attached hydrogen (secondary N) is 1. The van der Waals surface area contributed by atoms with E-state index < -0.39 is 0 Å². The first kappa shape index (κ1) is 17.8. The summed E-state index contributed by atoms with van der Waals surface area (Å²) >= 11 is 0. The third kappa shape index (κ3) is 3.91. The van der Waals surface area contributed by atoms with Gasteiger partial charge in [-0.15, -0.1) is 5.75 Å². The number of fused-ring (bicyclic) bond motifs is 1. The number of benzene rings is 2. The Morgan fingerprint density at radius 1 is 1.11 bits per heavy atom. The number of piperidine rings is 1. The summed E-state index contributed by atoms with van der Waals surface area (Å²) in [4.78, 5) is 13.5. The van der Waals surface area contributed by atoms with Crippen molar-refractivity contribution in [1.82, 2.24) is 0 Å². The smallest absolute Gasteiger partial charge is 0.336 e. The van der Waals surface area contributed by atoms with Crippen molar-refractivity contribution in [3.8, 4) is 5.75 Å². The van der Waals surface area contributed by atoms with E-state index in [1.54, 1.807) is 25.1 Å². The average Bonchev–Trinajstić information content (AvgIpc) is 2.67. The van der Waals surface area contributed by atoms with Gasteiger partial charge in [-0.2, -0.15) is 0 Å². The van der Waals surface area contributed by atoms with Crippen LogP contribution in [0, 0.1) is 12.8 Å². The van der Waals surface area contributed by atoms with Crippen molar-refractivity contribution in [3.05, 3.63) is 75.6 Å². The van der Waals surface area contributed by atoms with Crippen LogP contribution in [-0.4, -0.2) is 13.1 Å². The molecule has 0 amide bonds. The maximum atomic E-state index is 12.0. The van der Waals surface area contributed by atoms with E-state index in [0.717, 1.165) is 42.9 Å². The van der Waals surface area contributed by atoms with Crippen LogP contribution in [-0.2, 0) is 13.0 Å². The highest BCUT2D eigenvalue weighted by Gasteiger charge is 2.23. The van der Waals surface area contributed by atoms with E-state index in [9.17, 15) is 9.90 Å². The summed E-state index contributed by atoms with van der Waals surface area (Å²) < 4.78 is 5.32. The van der Waals surface area contributed by atoms with Crippen LogP contribution >= 0.6 is 0 Å². The first-order chi connectivity index (χ1) is 13.1. The van der Waals surface area contributed by atoms with E-state index in [1.165, 1.54) is 23.3 Å². The van der Waals surface area contributed by atoms with Crippen LogP contribution in [0.1, 0.15) is 29.5 Å². The van der Waals surface area contributed by atoms with Gasteiger partial charge in [-0.25, -0.2) is 4.79 Å². The zero-order valence-corrected chi connectivity index (χ0v) is 15.7. The SMILES string of the molecule is Cc1c([O-])ccc2c(C[NH+]3CCC(Cc4ccccc4)CC3)cc(=O)oc12. The molecule has 27 heavy (non-hydrogen) atoms. The predicted molar refractivity (Wildman–Crippen MR) is 104 cm³/mol. The van der Waals surface area contributed by atoms with Gasteiger partial charge in [0.15, 0.2) is 0 Å². The molecule has 3 aromatic rings. The number of quaternary nitrogens is 1. The molecule has 0 spiro atoms. The minimum absolute atomic E-state index is 0.0862. The maximum absolute atomic E-state index is 12.0. The van der Waals surface area contributed by atoms with Crippen LogP contribution < -0.4 is 15.6 Å². The van der Waals surface area contributed by atoms with Gasteiger partial charge in [-0.05, 0) is 43.2 Å². The molecular formula is C23H25NO3. The topological polar surface area (TPSA) is 57.7 Å². The zero-order valence-electron chi connectivity index (χ0n) is 15.7. The molecule has 0 saturated carbocycles. The largest absolute Gasteiger partial charge is 0.872 e. The van der Waals surface area contributed by atoms with Crippen molar-refractivity contribution in [2.24, 2.45) is 5.92 Å². The quantitative estimate of drug-likeness (QED) is 0.723. The van der Waals surface area contributed by atoms with Crippen LogP contribution in [0.4, 0.5) is 0 Å². The molecule has 1 saturated heterocycles. The molecule has 4 nitrogen and oxygen atoms in total. The Morgan fingerprint density at radius 2 is 1.85 bits per heavy atom. The number of hydrogen-bond donors (Lipinski definition) is 1. The molecule has 0 atom stereocenters. The van der Waals surface area contributed by atoms with Crippen molar-refractivity contribution in [3.63, 3.8) is 0 Å². The lowest BCUT2D eigenvalue weighted by atomic mass is 9.90. The lowest BCUT2D eigenvalue weighted by Gasteiger charge is -2.29. The van der Waals surface area contributed by atoms with Gasteiger partial charge in [0.25, 0.3) is 0 Å². The summed E-state index contributed by atoms with van der Waals surface area (Å²) in [6.07, 6.45) is 3.55. The van der Waals surface area contributed by atoms with E-state index >= 15 is 0 Å². The first-order valence-corrected chi connectivity index (χ1v) is 9.71. The Hall–Kier alpha value is -2.59. The summed E-state index contributed by atoms with van der Waals surface area (Å²) in [5.41, 5.74) is 3.00. The van der Waals surface area contributed by atoms with E-state index in [-0.39, 0.29) is 11.4 Å². The van der Waals surface area contributed by atoms with Crippen molar-refractivity contribution >= 4 is 11.0 Å². The highest BCUT2D eigenvalue weighted by Crippen LogP contribution is 2.25. The van der Waals surface area contributed by atoms with Crippen molar-refractivity contribution in [2.75, 3.05) is 13.1 Å². The minimum Gasteiger partial charge on any atom is -0.872 e. The van der Waals surface area contributed by atoms with Gasteiger partial charge in [0.1, 0.15) is 12.1 Å². The lowest BCUT2D eigenvalue weighted by Crippen LogP contribution is -3.11. The molecule has 1 aliphatic heterocycles. The van der Waals surface area contributed by atoms with Crippen LogP contribution in [0.15, 0.2) is 57.7 Å². The molecule has 1 aliphatic rings.